The van der Waals surface area contributed by atoms with Gasteiger partial charge in [0.05, 0.1) is 5.69 Å². The highest BCUT2D eigenvalue weighted by molar-refractivity contribution is 7.90. The van der Waals surface area contributed by atoms with Crippen molar-refractivity contribution in [1.82, 2.24) is 4.72 Å². The van der Waals surface area contributed by atoms with Crippen molar-refractivity contribution in [3.63, 3.8) is 0 Å². The molecule has 0 unspecified atom stereocenters. The molecule has 0 aliphatic heterocycles. The molecular weight excluding hydrogens is 233 g/mol. The fourth-order valence-corrected chi connectivity index (χ4v) is 2.03. The van der Waals surface area contributed by atoms with Crippen LogP contribution in [0.4, 0.5) is 15.8 Å². The van der Waals surface area contributed by atoms with Crippen molar-refractivity contribution in [2.45, 2.75) is 13.3 Å². The van der Waals surface area contributed by atoms with Gasteiger partial charge in [0.2, 0.25) is 0 Å². The maximum absolute atomic E-state index is 13.2. The van der Waals surface area contributed by atoms with Crippen LogP contribution in [0.2, 0.25) is 0 Å². The zero-order valence-electron chi connectivity index (χ0n) is 8.83. The van der Waals surface area contributed by atoms with E-state index in [-0.39, 0.29) is 11.4 Å². The first kappa shape index (κ1) is 12.7. The predicted molar refractivity (Wildman–Crippen MR) is 61.6 cm³/mol. The fraction of sp³-hybridized carbons (Fsp3) is 0.333. The van der Waals surface area contributed by atoms with E-state index >= 15 is 0 Å². The summed E-state index contributed by atoms with van der Waals surface area (Å²) in [5.74, 6) is -0.670. The molecule has 0 bridgehead atoms. The molecule has 4 N–H and O–H groups in total. The molecule has 1 rings (SSSR count). The summed E-state index contributed by atoms with van der Waals surface area (Å²) in [6.45, 7) is 2.11. The van der Waals surface area contributed by atoms with Crippen LogP contribution in [0.3, 0.4) is 0 Å². The van der Waals surface area contributed by atoms with Gasteiger partial charge in [0.1, 0.15) is 5.82 Å². The molecule has 1 aromatic rings. The lowest BCUT2D eigenvalue weighted by atomic mass is 10.3. The minimum atomic E-state index is -3.73. The van der Waals surface area contributed by atoms with Gasteiger partial charge in [0.15, 0.2) is 0 Å². The van der Waals surface area contributed by atoms with E-state index in [1.54, 1.807) is 0 Å². The van der Waals surface area contributed by atoms with Gasteiger partial charge in [-0.05, 0) is 24.6 Å². The number of hydrogen-bond donors (Lipinski definition) is 3. The third kappa shape index (κ3) is 3.67. The highest BCUT2D eigenvalue weighted by Gasteiger charge is 2.11. The molecule has 0 saturated heterocycles. The lowest BCUT2D eigenvalue weighted by Gasteiger charge is -2.09. The Balaban J connectivity index is 2.83. The number of nitrogens with one attached hydrogen (secondary N) is 2. The summed E-state index contributed by atoms with van der Waals surface area (Å²) >= 11 is 0. The highest BCUT2D eigenvalue weighted by Crippen LogP contribution is 2.18. The van der Waals surface area contributed by atoms with Crippen LogP contribution in [0, 0.1) is 5.82 Å². The van der Waals surface area contributed by atoms with E-state index in [1.165, 1.54) is 12.1 Å². The van der Waals surface area contributed by atoms with Gasteiger partial charge in [-0.1, -0.05) is 6.92 Å². The van der Waals surface area contributed by atoms with Gasteiger partial charge in [0.25, 0.3) is 10.2 Å². The predicted octanol–water partition coefficient (Wildman–Crippen LogP) is 1.06. The van der Waals surface area contributed by atoms with Gasteiger partial charge in [-0.3, -0.25) is 4.72 Å². The first-order valence-corrected chi connectivity index (χ1v) is 6.25. The molecule has 0 heterocycles. The molecule has 16 heavy (non-hydrogen) atoms. The monoisotopic (exact) mass is 247 g/mol. The van der Waals surface area contributed by atoms with Crippen LogP contribution >= 0.6 is 0 Å². The molecule has 0 aliphatic rings. The lowest BCUT2D eigenvalue weighted by molar-refractivity contribution is 0.584. The number of rotatable bonds is 5. The molecular formula is C9H14FN3O2S. The van der Waals surface area contributed by atoms with Crippen LogP contribution in [0.5, 0.6) is 0 Å². The molecule has 1 aromatic carbocycles. The third-order valence-electron chi connectivity index (χ3n) is 1.78. The summed E-state index contributed by atoms with van der Waals surface area (Å²) in [5.41, 5.74) is 5.55. The number of nitrogens with two attached hydrogens (primary N) is 1. The number of anilines is 2. The Bertz CT molecular complexity index is 462. The zero-order chi connectivity index (χ0) is 12.2. The van der Waals surface area contributed by atoms with Gasteiger partial charge in [0, 0.05) is 12.2 Å². The molecule has 0 aliphatic carbocycles. The second-order valence-corrected chi connectivity index (χ2v) is 4.74. The summed E-state index contributed by atoms with van der Waals surface area (Å²) in [6, 6.07) is 3.68. The Labute approximate surface area is 94.0 Å². The smallest absolute Gasteiger partial charge is 0.299 e. The minimum Gasteiger partial charge on any atom is -0.399 e. The zero-order valence-corrected chi connectivity index (χ0v) is 9.64. The van der Waals surface area contributed by atoms with Crippen LogP contribution in [-0.2, 0) is 10.2 Å². The average Bonchev–Trinajstić information content (AvgIpc) is 2.20. The summed E-state index contributed by atoms with van der Waals surface area (Å²) in [6.07, 6.45) is 0.653. The second kappa shape index (κ2) is 5.13. The Kier molecular flexibility index (Phi) is 4.08. The van der Waals surface area contributed by atoms with Crippen LogP contribution in [0.1, 0.15) is 13.3 Å². The minimum absolute atomic E-state index is 0.163. The Morgan fingerprint density at radius 1 is 1.44 bits per heavy atom. The Hall–Kier alpha value is -1.34. The van der Waals surface area contributed by atoms with Crippen LogP contribution in [-0.4, -0.2) is 15.0 Å². The van der Waals surface area contributed by atoms with Crippen molar-refractivity contribution in [1.29, 1.82) is 0 Å². The van der Waals surface area contributed by atoms with E-state index in [4.69, 9.17) is 5.73 Å². The van der Waals surface area contributed by atoms with Gasteiger partial charge in [-0.15, -0.1) is 0 Å². The fourth-order valence-electron chi connectivity index (χ4n) is 1.04. The number of nitrogen functional groups attached to an aromatic ring is 1. The SMILES string of the molecule is CCCNS(=O)(=O)Nc1cc(N)ccc1F. The van der Waals surface area contributed by atoms with E-state index in [0.29, 0.717) is 13.0 Å². The van der Waals surface area contributed by atoms with Crippen LogP contribution in [0.15, 0.2) is 18.2 Å². The summed E-state index contributed by atoms with van der Waals surface area (Å²) in [4.78, 5) is 0. The van der Waals surface area contributed by atoms with Crippen LogP contribution < -0.4 is 15.2 Å². The van der Waals surface area contributed by atoms with Crippen molar-refractivity contribution >= 4 is 21.6 Å². The molecule has 0 saturated carbocycles. The van der Waals surface area contributed by atoms with Crippen LogP contribution in [0.25, 0.3) is 0 Å². The Morgan fingerprint density at radius 2 is 2.12 bits per heavy atom. The molecule has 0 fully saturated rings. The van der Waals surface area contributed by atoms with Crippen molar-refractivity contribution in [2.24, 2.45) is 0 Å². The third-order valence-corrected chi connectivity index (χ3v) is 2.85. The first-order valence-electron chi connectivity index (χ1n) is 4.77. The number of benzene rings is 1. The van der Waals surface area contributed by atoms with Gasteiger partial charge < -0.3 is 5.73 Å². The van der Waals surface area contributed by atoms with E-state index in [2.05, 4.69) is 9.44 Å². The quantitative estimate of drug-likeness (QED) is 0.680. The summed E-state index contributed by atoms with van der Waals surface area (Å²) in [7, 11) is -3.73. The first-order chi connectivity index (χ1) is 7.44. The molecule has 0 spiro atoms. The molecule has 0 radical (unpaired) electrons. The lowest BCUT2D eigenvalue weighted by Crippen LogP contribution is -2.31. The standard InChI is InChI=1S/C9H14FN3O2S/c1-2-5-12-16(14,15)13-9-6-7(11)3-4-8(9)10/h3-4,6,12-13H,2,5,11H2,1H3. The Morgan fingerprint density at radius 3 is 2.75 bits per heavy atom. The molecule has 0 atom stereocenters. The van der Waals surface area contributed by atoms with Gasteiger partial charge in [-0.25, -0.2) is 4.39 Å². The topological polar surface area (TPSA) is 84.2 Å². The van der Waals surface area contributed by atoms with Gasteiger partial charge >= 0.3 is 0 Å². The normalized spacial score (nSPS) is 11.4. The van der Waals surface area contributed by atoms with E-state index in [0.717, 1.165) is 6.07 Å². The molecule has 0 aromatic heterocycles. The molecule has 5 nitrogen and oxygen atoms in total. The van der Waals surface area contributed by atoms with E-state index < -0.39 is 16.0 Å². The van der Waals surface area contributed by atoms with Gasteiger partial charge in [-0.2, -0.15) is 13.1 Å². The van der Waals surface area contributed by atoms with E-state index in [9.17, 15) is 12.8 Å². The molecule has 7 heteroatoms. The largest absolute Gasteiger partial charge is 0.399 e. The van der Waals surface area contributed by atoms with Crippen molar-refractivity contribution < 1.29 is 12.8 Å². The second-order valence-electron chi connectivity index (χ2n) is 3.24. The average molecular weight is 247 g/mol. The van der Waals surface area contributed by atoms with Crippen molar-refractivity contribution in [2.75, 3.05) is 17.0 Å². The number of halogens is 1. The summed E-state index contributed by atoms with van der Waals surface area (Å²) in [5, 5.41) is 0. The van der Waals surface area contributed by atoms with Crippen molar-refractivity contribution in [3.05, 3.63) is 24.0 Å². The summed E-state index contributed by atoms with van der Waals surface area (Å²) < 4.78 is 40.3. The van der Waals surface area contributed by atoms with Crippen molar-refractivity contribution in [3.8, 4) is 0 Å². The molecule has 90 valence electrons. The number of hydrogen-bond acceptors (Lipinski definition) is 3. The highest BCUT2D eigenvalue weighted by atomic mass is 32.2. The maximum Gasteiger partial charge on any atom is 0.299 e. The van der Waals surface area contributed by atoms with E-state index in [1.807, 2.05) is 6.92 Å². The maximum atomic E-state index is 13.2. The molecule has 0 amide bonds.